The fraction of sp³-hybridized carbons (Fsp3) is 0.765. The van der Waals surface area contributed by atoms with E-state index in [9.17, 15) is 9.59 Å². The quantitative estimate of drug-likeness (QED) is 0.805. The van der Waals surface area contributed by atoms with Crippen molar-refractivity contribution in [1.29, 1.82) is 0 Å². The summed E-state index contributed by atoms with van der Waals surface area (Å²) >= 11 is 0. The summed E-state index contributed by atoms with van der Waals surface area (Å²) in [5, 5.41) is 2.52. The molecule has 0 aromatic heterocycles. The number of hydrogen-bond acceptors (Lipinski definition) is 2. The van der Waals surface area contributed by atoms with E-state index in [-0.39, 0.29) is 11.9 Å². The SMILES string of the molecule is C=C(C)C(=O)NC(=O)N(C1CCCCC1)C1CCCCC1. The van der Waals surface area contributed by atoms with E-state index in [1.807, 2.05) is 4.90 Å². The normalized spacial score (nSPS) is 20.8. The summed E-state index contributed by atoms with van der Waals surface area (Å²) in [6.07, 6.45) is 11.6. The van der Waals surface area contributed by atoms with Crippen molar-refractivity contribution in [3.05, 3.63) is 12.2 Å². The predicted molar refractivity (Wildman–Crippen MR) is 83.9 cm³/mol. The van der Waals surface area contributed by atoms with Crippen molar-refractivity contribution in [2.75, 3.05) is 0 Å². The van der Waals surface area contributed by atoms with E-state index < -0.39 is 0 Å². The third-order valence-corrected chi connectivity index (χ3v) is 4.78. The van der Waals surface area contributed by atoms with Gasteiger partial charge in [-0.1, -0.05) is 45.1 Å². The second kappa shape index (κ2) is 7.62. The third-order valence-electron chi connectivity index (χ3n) is 4.78. The first-order valence-electron chi connectivity index (χ1n) is 8.38. The Balaban J connectivity index is 2.07. The number of urea groups is 1. The van der Waals surface area contributed by atoms with E-state index in [0.29, 0.717) is 17.7 Å². The topological polar surface area (TPSA) is 49.4 Å². The van der Waals surface area contributed by atoms with Crippen molar-refractivity contribution in [3.8, 4) is 0 Å². The number of rotatable bonds is 3. The average Bonchev–Trinajstić information content (AvgIpc) is 2.49. The smallest absolute Gasteiger partial charge is 0.318 e. The summed E-state index contributed by atoms with van der Waals surface area (Å²) in [4.78, 5) is 26.4. The Kier molecular flexibility index (Phi) is 5.83. The lowest BCUT2D eigenvalue weighted by atomic mass is 9.89. The van der Waals surface area contributed by atoms with Gasteiger partial charge in [0.1, 0.15) is 0 Å². The molecular formula is C17H28N2O2. The van der Waals surface area contributed by atoms with Crippen LogP contribution in [-0.4, -0.2) is 28.9 Å². The van der Waals surface area contributed by atoms with Crippen LogP contribution in [0.15, 0.2) is 12.2 Å². The van der Waals surface area contributed by atoms with Gasteiger partial charge in [-0.25, -0.2) is 4.79 Å². The van der Waals surface area contributed by atoms with Crippen LogP contribution in [0.5, 0.6) is 0 Å². The standard InChI is InChI=1S/C17H28N2O2/c1-13(2)16(20)18-17(21)19(14-9-5-3-6-10-14)15-11-7-4-8-12-15/h14-15H,1,3-12H2,2H3,(H,18,20,21). The molecule has 4 nitrogen and oxygen atoms in total. The highest BCUT2D eigenvalue weighted by Gasteiger charge is 2.33. The lowest BCUT2D eigenvalue weighted by Gasteiger charge is -2.41. The maximum atomic E-state index is 12.6. The fourth-order valence-electron chi connectivity index (χ4n) is 3.62. The molecule has 0 saturated heterocycles. The Hall–Kier alpha value is -1.32. The molecule has 118 valence electrons. The molecule has 0 heterocycles. The average molecular weight is 292 g/mol. The van der Waals surface area contributed by atoms with Crippen molar-refractivity contribution in [2.45, 2.75) is 83.2 Å². The van der Waals surface area contributed by atoms with Crippen LogP contribution in [0.2, 0.25) is 0 Å². The molecule has 0 unspecified atom stereocenters. The highest BCUT2D eigenvalue weighted by molar-refractivity contribution is 6.03. The second-order valence-corrected chi connectivity index (χ2v) is 6.53. The highest BCUT2D eigenvalue weighted by Crippen LogP contribution is 2.30. The van der Waals surface area contributed by atoms with Crippen LogP contribution in [0.1, 0.15) is 71.1 Å². The van der Waals surface area contributed by atoms with Crippen LogP contribution in [0, 0.1) is 0 Å². The fourth-order valence-corrected chi connectivity index (χ4v) is 3.62. The number of imide groups is 1. The van der Waals surface area contributed by atoms with Crippen molar-refractivity contribution in [2.24, 2.45) is 0 Å². The maximum Gasteiger partial charge on any atom is 0.324 e. The molecule has 0 aliphatic heterocycles. The van der Waals surface area contributed by atoms with Crippen LogP contribution in [0.3, 0.4) is 0 Å². The molecule has 3 amide bonds. The zero-order valence-electron chi connectivity index (χ0n) is 13.2. The molecule has 0 spiro atoms. The number of hydrogen-bond donors (Lipinski definition) is 1. The molecule has 0 aromatic rings. The molecular weight excluding hydrogens is 264 g/mol. The summed E-state index contributed by atoms with van der Waals surface area (Å²) in [5.41, 5.74) is 0.385. The van der Waals surface area contributed by atoms with E-state index in [4.69, 9.17) is 0 Å². The zero-order chi connectivity index (χ0) is 15.2. The molecule has 21 heavy (non-hydrogen) atoms. The van der Waals surface area contributed by atoms with Crippen LogP contribution in [0.4, 0.5) is 4.79 Å². The molecule has 2 aliphatic carbocycles. The molecule has 0 aromatic carbocycles. The second-order valence-electron chi connectivity index (χ2n) is 6.53. The number of nitrogens with one attached hydrogen (secondary N) is 1. The Morgan fingerprint density at radius 1 is 0.905 bits per heavy atom. The number of carbonyl (C=O) groups excluding carboxylic acids is 2. The third kappa shape index (κ3) is 4.32. The minimum atomic E-state index is -0.350. The van der Waals surface area contributed by atoms with E-state index in [2.05, 4.69) is 11.9 Å². The van der Waals surface area contributed by atoms with Crippen LogP contribution in [-0.2, 0) is 4.79 Å². The number of nitrogens with zero attached hydrogens (tertiary/aromatic N) is 1. The first-order valence-corrected chi connectivity index (χ1v) is 8.38. The van der Waals surface area contributed by atoms with Gasteiger partial charge in [0.05, 0.1) is 0 Å². The first-order chi connectivity index (χ1) is 10.1. The van der Waals surface area contributed by atoms with Crippen molar-refractivity contribution >= 4 is 11.9 Å². The molecule has 2 rings (SSSR count). The van der Waals surface area contributed by atoms with Gasteiger partial charge in [-0.2, -0.15) is 0 Å². The van der Waals surface area contributed by atoms with Gasteiger partial charge in [-0.15, -0.1) is 0 Å². The van der Waals surface area contributed by atoms with E-state index >= 15 is 0 Å². The van der Waals surface area contributed by atoms with Crippen molar-refractivity contribution in [1.82, 2.24) is 10.2 Å². The van der Waals surface area contributed by atoms with Gasteiger partial charge in [0, 0.05) is 17.7 Å². The Morgan fingerprint density at radius 2 is 1.33 bits per heavy atom. The highest BCUT2D eigenvalue weighted by atomic mass is 16.2. The van der Waals surface area contributed by atoms with Gasteiger partial charge in [-0.3, -0.25) is 10.1 Å². The molecule has 1 N–H and O–H groups in total. The van der Waals surface area contributed by atoms with Crippen molar-refractivity contribution < 1.29 is 9.59 Å². The van der Waals surface area contributed by atoms with Crippen LogP contribution in [0.25, 0.3) is 0 Å². The van der Waals surface area contributed by atoms with E-state index in [1.54, 1.807) is 6.92 Å². The summed E-state index contributed by atoms with van der Waals surface area (Å²) < 4.78 is 0. The first kappa shape index (κ1) is 16.1. The van der Waals surface area contributed by atoms with Gasteiger partial charge in [0.25, 0.3) is 5.91 Å². The molecule has 0 atom stereocenters. The zero-order valence-corrected chi connectivity index (χ0v) is 13.2. The van der Waals surface area contributed by atoms with E-state index in [1.165, 1.54) is 38.5 Å². The van der Waals surface area contributed by atoms with Gasteiger partial charge in [-0.05, 0) is 32.6 Å². The lowest BCUT2D eigenvalue weighted by Crippen LogP contribution is -2.54. The molecule has 4 heteroatoms. The Bertz CT molecular complexity index is 376. The molecule has 2 aliphatic rings. The molecule has 2 fully saturated rings. The van der Waals surface area contributed by atoms with E-state index in [0.717, 1.165) is 25.7 Å². The number of carbonyl (C=O) groups is 2. The Labute approximate surface area is 128 Å². The van der Waals surface area contributed by atoms with Gasteiger partial charge < -0.3 is 4.90 Å². The molecule has 2 saturated carbocycles. The summed E-state index contributed by atoms with van der Waals surface area (Å²) in [5.74, 6) is -0.350. The lowest BCUT2D eigenvalue weighted by molar-refractivity contribution is -0.116. The van der Waals surface area contributed by atoms with Crippen molar-refractivity contribution in [3.63, 3.8) is 0 Å². The van der Waals surface area contributed by atoms with Crippen LogP contribution < -0.4 is 5.32 Å². The number of amides is 3. The van der Waals surface area contributed by atoms with Crippen LogP contribution >= 0.6 is 0 Å². The minimum Gasteiger partial charge on any atom is -0.318 e. The maximum absolute atomic E-state index is 12.6. The summed E-state index contributed by atoms with van der Waals surface area (Å²) in [6, 6.07) is 0.404. The Morgan fingerprint density at radius 3 is 1.71 bits per heavy atom. The van der Waals surface area contributed by atoms with Gasteiger partial charge in [0.15, 0.2) is 0 Å². The minimum absolute atomic E-state index is 0.207. The monoisotopic (exact) mass is 292 g/mol. The summed E-state index contributed by atoms with van der Waals surface area (Å²) in [7, 11) is 0. The molecule has 0 radical (unpaired) electrons. The van der Waals surface area contributed by atoms with Gasteiger partial charge in [0.2, 0.25) is 0 Å². The molecule has 0 bridgehead atoms. The van der Waals surface area contributed by atoms with Gasteiger partial charge >= 0.3 is 6.03 Å². The predicted octanol–water partition coefficient (Wildman–Crippen LogP) is 3.77. The largest absolute Gasteiger partial charge is 0.324 e. The summed E-state index contributed by atoms with van der Waals surface area (Å²) in [6.45, 7) is 5.24.